The van der Waals surface area contributed by atoms with Crippen LogP contribution in [0.15, 0.2) is 0 Å². The maximum absolute atomic E-state index is 10.8. The summed E-state index contributed by atoms with van der Waals surface area (Å²) in [6, 6.07) is 0. The molecule has 1 unspecified atom stereocenters. The lowest BCUT2D eigenvalue weighted by molar-refractivity contribution is -0.143. The molecule has 0 radical (unpaired) electrons. The summed E-state index contributed by atoms with van der Waals surface area (Å²) in [4.78, 5) is 10.8. The molecule has 0 fully saturated rings. The van der Waals surface area contributed by atoms with Gasteiger partial charge in [-0.15, -0.1) is 0 Å². The van der Waals surface area contributed by atoms with E-state index in [2.05, 4.69) is 5.32 Å². The van der Waals surface area contributed by atoms with E-state index < -0.39 is 5.97 Å². The van der Waals surface area contributed by atoms with Crippen molar-refractivity contribution in [3.63, 3.8) is 0 Å². The van der Waals surface area contributed by atoms with Gasteiger partial charge in [0, 0.05) is 6.54 Å². The van der Waals surface area contributed by atoms with E-state index in [9.17, 15) is 4.79 Å². The SMILES string of the molecule is CC(C)C(CCCNC(=N)N)C(=O)O. The number of hydrogen-bond acceptors (Lipinski definition) is 2. The Hall–Kier alpha value is -1.26. The lowest BCUT2D eigenvalue weighted by Gasteiger charge is -2.15. The second-order valence-corrected chi connectivity index (χ2v) is 3.67. The number of guanidine groups is 1. The smallest absolute Gasteiger partial charge is 0.306 e. The maximum atomic E-state index is 10.8. The predicted molar refractivity (Wildman–Crippen MR) is 55.1 cm³/mol. The van der Waals surface area contributed by atoms with Crippen LogP contribution in [0.4, 0.5) is 0 Å². The van der Waals surface area contributed by atoms with Gasteiger partial charge < -0.3 is 16.2 Å². The Morgan fingerprint density at radius 1 is 1.57 bits per heavy atom. The molecular weight excluding hydrogens is 182 g/mol. The van der Waals surface area contributed by atoms with Crippen LogP contribution < -0.4 is 11.1 Å². The summed E-state index contributed by atoms with van der Waals surface area (Å²) in [5.41, 5.74) is 5.08. The van der Waals surface area contributed by atoms with E-state index in [1.165, 1.54) is 0 Å². The Labute approximate surface area is 84.2 Å². The molecular formula is C9H19N3O2. The monoisotopic (exact) mass is 201 g/mol. The molecule has 5 N–H and O–H groups in total. The molecule has 0 spiro atoms. The van der Waals surface area contributed by atoms with Crippen molar-refractivity contribution in [3.8, 4) is 0 Å². The summed E-state index contributed by atoms with van der Waals surface area (Å²) in [5.74, 6) is -0.974. The van der Waals surface area contributed by atoms with Gasteiger partial charge in [0.05, 0.1) is 5.92 Å². The van der Waals surface area contributed by atoms with Gasteiger partial charge in [0.1, 0.15) is 0 Å². The summed E-state index contributed by atoms with van der Waals surface area (Å²) in [5, 5.41) is 18.4. The first-order valence-corrected chi connectivity index (χ1v) is 4.75. The summed E-state index contributed by atoms with van der Waals surface area (Å²) in [6.07, 6.45) is 1.34. The van der Waals surface area contributed by atoms with E-state index in [1.807, 2.05) is 13.8 Å². The van der Waals surface area contributed by atoms with Crippen molar-refractivity contribution in [1.29, 1.82) is 5.41 Å². The predicted octanol–water partition coefficient (Wildman–Crippen LogP) is 0.606. The molecule has 1 atom stereocenters. The van der Waals surface area contributed by atoms with Crippen molar-refractivity contribution in [2.45, 2.75) is 26.7 Å². The third-order valence-electron chi connectivity index (χ3n) is 2.13. The van der Waals surface area contributed by atoms with Crippen LogP contribution in [0.25, 0.3) is 0 Å². The second kappa shape index (κ2) is 6.23. The van der Waals surface area contributed by atoms with E-state index >= 15 is 0 Å². The first-order chi connectivity index (χ1) is 6.45. The van der Waals surface area contributed by atoms with Gasteiger partial charge in [0.15, 0.2) is 5.96 Å². The molecule has 0 aromatic heterocycles. The normalized spacial score (nSPS) is 12.5. The van der Waals surface area contributed by atoms with Gasteiger partial charge in [0.2, 0.25) is 0 Å². The minimum absolute atomic E-state index is 0.0681. The highest BCUT2D eigenvalue weighted by molar-refractivity contribution is 5.74. The van der Waals surface area contributed by atoms with Gasteiger partial charge in [-0.1, -0.05) is 13.8 Å². The Bertz CT molecular complexity index is 204. The van der Waals surface area contributed by atoms with Crippen LogP contribution in [-0.4, -0.2) is 23.6 Å². The maximum Gasteiger partial charge on any atom is 0.306 e. The fraction of sp³-hybridized carbons (Fsp3) is 0.778. The van der Waals surface area contributed by atoms with E-state index in [4.69, 9.17) is 16.2 Å². The lowest BCUT2D eigenvalue weighted by atomic mass is 9.91. The molecule has 0 saturated carbocycles. The van der Waals surface area contributed by atoms with Gasteiger partial charge in [0.25, 0.3) is 0 Å². The van der Waals surface area contributed by atoms with Crippen molar-refractivity contribution >= 4 is 11.9 Å². The molecule has 5 heteroatoms. The number of aliphatic carboxylic acids is 1. The zero-order valence-corrected chi connectivity index (χ0v) is 8.71. The fourth-order valence-electron chi connectivity index (χ4n) is 1.29. The minimum atomic E-state index is -0.747. The van der Waals surface area contributed by atoms with E-state index in [0.717, 1.165) is 0 Å². The van der Waals surface area contributed by atoms with Crippen LogP contribution in [0, 0.1) is 17.2 Å². The molecule has 0 aromatic rings. The van der Waals surface area contributed by atoms with Crippen molar-refractivity contribution in [2.24, 2.45) is 17.6 Å². The molecule has 0 rings (SSSR count). The van der Waals surface area contributed by atoms with Gasteiger partial charge >= 0.3 is 5.97 Å². The lowest BCUT2D eigenvalue weighted by Crippen LogP contribution is -2.31. The standard InChI is InChI=1S/C9H19N3O2/c1-6(2)7(8(13)14)4-3-5-12-9(10)11/h6-7H,3-5H2,1-2H3,(H,13,14)(H4,10,11,12). The molecule has 0 bridgehead atoms. The highest BCUT2D eigenvalue weighted by Crippen LogP contribution is 2.16. The highest BCUT2D eigenvalue weighted by atomic mass is 16.4. The van der Waals surface area contributed by atoms with Crippen LogP contribution in [-0.2, 0) is 4.79 Å². The van der Waals surface area contributed by atoms with Gasteiger partial charge in [-0.25, -0.2) is 0 Å². The number of nitrogens with two attached hydrogens (primary N) is 1. The van der Waals surface area contributed by atoms with Crippen molar-refractivity contribution < 1.29 is 9.90 Å². The fourth-order valence-corrected chi connectivity index (χ4v) is 1.29. The van der Waals surface area contributed by atoms with Crippen LogP contribution in [0.5, 0.6) is 0 Å². The Morgan fingerprint density at radius 3 is 2.50 bits per heavy atom. The third-order valence-corrected chi connectivity index (χ3v) is 2.13. The van der Waals surface area contributed by atoms with Crippen molar-refractivity contribution in [3.05, 3.63) is 0 Å². The Balaban J connectivity index is 3.73. The topological polar surface area (TPSA) is 99.2 Å². The molecule has 0 heterocycles. The quantitative estimate of drug-likeness (QED) is 0.287. The van der Waals surface area contributed by atoms with Crippen molar-refractivity contribution in [2.75, 3.05) is 6.54 Å². The van der Waals surface area contributed by atoms with Crippen LogP contribution in [0.1, 0.15) is 26.7 Å². The number of carboxylic acids is 1. The summed E-state index contributed by atoms with van der Waals surface area (Å²) in [7, 11) is 0. The van der Waals surface area contributed by atoms with Gasteiger partial charge in [-0.3, -0.25) is 10.2 Å². The molecule has 0 aliphatic heterocycles. The number of carbonyl (C=O) groups is 1. The Morgan fingerprint density at radius 2 is 2.14 bits per heavy atom. The average Bonchev–Trinajstić information content (AvgIpc) is 2.01. The number of carboxylic acid groups (broad SMARTS) is 1. The van der Waals surface area contributed by atoms with E-state index in [-0.39, 0.29) is 17.8 Å². The molecule has 0 saturated heterocycles. The molecule has 14 heavy (non-hydrogen) atoms. The minimum Gasteiger partial charge on any atom is -0.481 e. The molecule has 0 amide bonds. The zero-order valence-electron chi connectivity index (χ0n) is 8.71. The molecule has 0 aliphatic carbocycles. The van der Waals surface area contributed by atoms with Crippen molar-refractivity contribution in [1.82, 2.24) is 5.32 Å². The number of rotatable bonds is 6. The highest BCUT2D eigenvalue weighted by Gasteiger charge is 2.20. The second-order valence-electron chi connectivity index (χ2n) is 3.67. The average molecular weight is 201 g/mol. The van der Waals surface area contributed by atoms with Crippen LogP contribution >= 0.6 is 0 Å². The first-order valence-electron chi connectivity index (χ1n) is 4.75. The van der Waals surface area contributed by atoms with Crippen LogP contribution in [0.3, 0.4) is 0 Å². The van der Waals surface area contributed by atoms with Crippen LogP contribution in [0.2, 0.25) is 0 Å². The molecule has 5 nitrogen and oxygen atoms in total. The van der Waals surface area contributed by atoms with Gasteiger partial charge in [-0.05, 0) is 18.8 Å². The zero-order chi connectivity index (χ0) is 11.1. The summed E-state index contributed by atoms with van der Waals surface area (Å²) < 4.78 is 0. The molecule has 82 valence electrons. The summed E-state index contributed by atoms with van der Waals surface area (Å²) in [6.45, 7) is 4.36. The largest absolute Gasteiger partial charge is 0.481 e. The van der Waals surface area contributed by atoms with E-state index in [1.54, 1.807) is 0 Å². The van der Waals surface area contributed by atoms with Gasteiger partial charge in [-0.2, -0.15) is 0 Å². The van der Waals surface area contributed by atoms with E-state index in [0.29, 0.717) is 19.4 Å². The number of nitrogens with one attached hydrogen (secondary N) is 2. The molecule has 0 aliphatic rings. The molecule has 0 aromatic carbocycles. The Kier molecular flexibility index (Phi) is 5.67. The third kappa shape index (κ3) is 5.40. The first kappa shape index (κ1) is 12.7. The number of hydrogen-bond donors (Lipinski definition) is 4. The summed E-state index contributed by atoms with van der Waals surface area (Å²) >= 11 is 0.